The SMILES string of the molecule is Cc1cc(C)c(C(=O)c2c(C)cccc2C(=O)O)c(C)c1. The minimum absolute atomic E-state index is 0.0550. The summed E-state index contributed by atoms with van der Waals surface area (Å²) in [4.78, 5) is 24.3. The number of hydrogen-bond donors (Lipinski definition) is 1. The second kappa shape index (κ2) is 5.52. The highest BCUT2D eigenvalue weighted by Gasteiger charge is 2.22. The quantitative estimate of drug-likeness (QED) is 0.870. The molecule has 0 atom stereocenters. The highest BCUT2D eigenvalue weighted by Crippen LogP contribution is 2.24. The number of aromatic carboxylic acids is 1. The molecule has 2 aromatic rings. The van der Waals surface area contributed by atoms with Crippen molar-refractivity contribution in [2.24, 2.45) is 0 Å². The van der Waals surface area contributed by atoms with E-state index in [4.69, 9.17) is 0 Å². The number of benzene rings is 2. The average molecular weight is 282 g/mol. The summed E-state index contributed by atoms with van der Waals surface area (Å²) in [6.45, 7) is 7.50. The van der Waals surface area contributed by atoms with E-state index in [9.17, 15) is 14.7 Å². The molecule has 2 aromatic carbocycles. The molecule has 3 heteroatoms. The molecule has 0 heterocycles. The average Bonchev–Trinajstić information content (AvgIpc) is 2.36. The van der Waals surface area contributed by atoms with Crippen LogP contribution in [0.3, 0.4) is 0 Å². The van der Waals surface area contributed by atoms with Crippen molar-refractivity contribution < 1.29 is 14.7 Å². The Morgan fingerprint density at radius 1 is 0.857 bits per heavy atom. The zero-order chi connectivity index (χ0) is 15.7. The number of aryl methyl sites for hydroxylation is 4. The van der Waals surface area contributed by atoms with E-state index in [2.05, 4.69) is 0 Å². The lowest BCUT2D eigenvalue weighted by atomic mass is 9.89. The van der Waals surface area contributed by atoms with Gasteiger partial charge in [-0.15, -0.1) is 0 Å². The van der Waals surface area contributed by atoms with Crippen molar-refractivity contribution in [3.8, 4) is 0 Å². The summed E-state index contributed by atoms with van der Waals surface area (Å²) < 4.78 is 0. The molecule has 0 aliphatic heterocycles. The standard InChI is InChI=1S/C18H18O3/c1-10-8-12(3)15(13(4)9-10)17(19)16-11(2)6-5-7-14(16)18(20)21/h5-9H,1-4H3,(H,20,21). The highest BCUT2D eigenvalue weighted by atomic mass is 16.4. The number of carboxylic acid groups (broad SMARTS) is 1. The predicted octanol–water partition coefficient (Wildman–Crippen LogP) is 3.85. The van der Waals surface area contributed by atoms with Crippen LogP contribution in [0.1, 0.15) is 48.5 Å². The maximum Gasteiger partial charge on any atom is 0.336 e. The molecule has 0 saturated carbocycles. The first-order chi connectivity index (χ1) is 9.82. The van der Waals surface area contributed by atoms with Gasteiger partial charge >= 0.3 is 5.97 Å². The first-order valence-electron chi connectivity index (χ1n) is 6.78. The summed E-state index contributed by atoms with van der Waals surface area (Å²) in [5.74, 6) is -1.30. The van der Waals surface area contributed by atoms with E-state index in [0.29, 0.717) is 11.1 Å². The Morgan fingerprint density at radius 3 is 1.95 bits per heavy atom. The molecule has 0 bridgehead atoms. The largest absolute Gasteiger partial charge is 0.478 e. The molecule has 0 unspecified atom stereocenters. The molecular weight excluding hydrogens is 264 g/mol. The molecule has 2 rings (SSSR count). The maximum absolute atomic E-state index is 12.9. The van der Waals surface area contributed by atoms with E-state index in [0.717, 1.165) is 16.7 Å². The molecule has 0 aliphatic carbocycles. The van der Waals surface area contributed by atoms with Crippen molar-refractivity contribution in [2.45, 2.75) is 27.7 Å². The second-order valence-electron chi connectivity index (χ2n) is 5.41. The van der Waals surface area contributed by atoms with E-state index in [1.54, 1.807) is 19.1 Å². The monoisotopic (exact) mass is 282 g/mol. The molecule has 1 N–H and O–H groups in total. The molecule has 21 heavy (non-hydrogen) atoms. The predicted molar refractivity (Wildman–Crippen MR) is 82.2 cm³/mol. The van der Waals surface area contributed by atoms with Crippen molar-refractivity contribution in [1.29, 1.82) is 0 Å². The van der Waals surface area contributed by atoms with Gasteiger partial charge in [0.15, 0.2) is 5.78 Å². The van der Waals surface area contributed by atoms with Crippen LogP contribution < -0.4 is 0 Å². The smallest absolute Gasteiger partial charge is 0.336 e. The summed E-state index contributed by atoms with van der Waals surface area (Å²) >= 11 is 0. The van der Waals surface area contributed by atoms with Gasteiger partial charge in [-0.2, -0.15) is 0 Å². The Labute approximate surface area is 124 Å². The Kier molecular flexibility index (Phi) is 3.94. The van der Waals surface area contributed by atoms with Crippen LogP contribution in [-0.4, -0.2) is 16.9 Å². The van der Waals surface area contributed by atoms with Gasteiger partial charge in [0.25, 0.3) is 0 Å². The minimum Gasteiger partial charge on any atom is -0.478 e. The van der Waals surface area contributed by atoms with E-state index in [1.165, 1.54) is 6.07 Å². The molecule has 0 fully saturated rings. The van der Waals surface area contributed by atoms with Gasteiger partial charge in [0.05, 0.1) is 5.56 Å². The zero-order valence-electron chi connectivity index (χ0n) is 12.7. The first-order valence-corrected chi connectivity index (χ1v) is 6.78. The van der Waals surface area contributed by atoms with Gasteiger partial charge in [0.2, 0.25) is 0 Å². The normalized spacial score (nSPS) is 10.5. The maximum atomic E-state index is 12.9. The summed E-state index contributed by atoms with van der Waals surface area (Å²) in [5.41, 5.74) is 4.44. The molecule has 0 amide bonds. The minimum atomic E-state index is -1.08. The van der Waals surface area contributed by atoms with Crippen LogP contribution in [-0.2, 0) is 0 Å². The van der Waals surface area contributed by atoms with Crippen LogP contribution in [0, 0.1) is 27.7 Å². The van der Waals surface area contributed by atoms with Crippen molar-refractivity contribution >= 4 is 11.8 Å². The number of carbonyl (C=O) groups is 2. The number of carbonyl (C=O) groups excluding carboxylic acids is 1. The molecule has 108 valence electrons. The molecule has 0 aliphatic rings. The van der Waals surface area contributed by atoms with Gasteiger partial charge in [0, 0.05) is 11.1 Å². The fraction of sp³-hybridized carbons (Fsp3) is 0.222. The Bertz CT molecular complexity index is 719. The number of carboxylic acids is 1. The van der Waals surface area contributed by atoms with Crippen LogP contribution in [0.4, 0.5) is 0 Å². The van der Waals surface area contributed by atoms with Crippen molar-refractivity contribution in [2.75, 3.05) is 0 Å². The molecule has 3 nitrogen and oxygen atoms in total. The Balaban J connectivity index is 2.69. The second-order valence-corrected chi connectivity index (χ2v) is 5.41. The summed E-state index contributed by atoms with van der Waals surface area (Å²) in [6, 6.07) is 8.78. The zero-order valence-corrected chi connectivity index (χ0v) is 12.7. The van der Waals surface area contributed by atoms with Crippen LogP contribution >= 0.6 is 0 Å². The Hall–Kier alpha value is -2.42. The third-order valence-corrected chi connectivity index (χ3v) is 3.63. The van der Waals surface area contributed by atoms with Gasteiger partial charge in [-0.25, -0.2) is 4.79 Å². The summed E-state index contributed by atoms with van der Waals surface area (Å²) in [7, 11) is 0. The van der Waals surface area contributed by atoms with Gasteiger partial charge in [0.1, 0.15) is 0 Å². The fourth-order valence-electron chi connectivity index (χ4n) is 2.81. The third kappa shape index (κ3) is 2.72. The van der Waals surface area contributed by atoms with Gasteiger partial charge in [-0.3, -0.25) is 4.79 Å². The molecule has 0 radical (unpaired) electrons. The highest BCUT2D eigenvalue weighted by molar-refractivity contribution is 6.16. The van der Waals surface area contributed by atoms with Crippen LogP contribution in [0.2, 0.25) is 0 Å². The number of rotatable bonds is 3. The fourth-order valence-corrected chi connectivity index (χ4v) is 2.81. The summed E-state index contributed by atoms with van der Waals surface area (Å²) in [5, 5.41) is 9.32. The van der Waals surface area contributed by atoms with E-state index >= 15 is 0 Å². The lowest BCUT2D eigenvalue weighted by molar-refractivity contribution is 0.0692. The van der Waals surface area contributed by atoms with Crippen molar-refractivity contribution in [1.82, 2.24) is 0 Å². The van der Waals surface area contributed by atoms with Gasteiger partial charge < -0.3 is 5.11 Å². The first kappa shape index (κ1) is 15.0. The lowest BCUT2D eigenvalue weighted by Gasteiger charge is -2.13. The van der Waals surface area contributed by atoms with Gasteiger partial charge in [-0.05, 0) is 50.5 Å². The van der Waals surface area contributed by atoms with E-state index in [-0.39, 0.29) is 16.9 Å². The number of ketones is 1. The Morgan fingerprint density at radius 2 is 1.43 bits per heavy atom. The third-order valence-electron chi connectivity index (χ3n) is 3.63. The number of hydrogen-bond acceptors (Lipinski definition) is 2. The topological polar surface area (TPSA) is 54.4 Å². The van der Waals surface area contributed by atoms with Crippen molar-refractivity contribution in [3.05, 3.63) is 69.3 Å². The molecular formula is C18H18O3. The van der Waals surface area contributed by atoms with Crippen LogP contribution in [0.5, 0.6) is 0 Å². The van der Waals surface area contributed by atoms with Crippen molar-refractivity contribution in [3.63, 3.8) is 0 Å². The van der Waals surface area contributed by atoms with Gasteiger partial charge in [-0.1, -0.05) is 29.8 Å². The lowest BCUT2D eigenvalue weighted by Crippen LogP contribution is -2.14. The van der Waals surface area contributed by atoms with E-state index in [1.807, 2.05) is 32.9 Å². The van der Waals surface area contributed by atoms with Crippen LogP contribution in [0.15, 0.2) is 30.3 Å². The van der Waals surface area contributed by atoms with E-state index < -0.39 is 5.97 Å². The van der Waals surface area contributed by atoms with Crippen LogP contribution in [0.25, 0.3) is 0 Å². The molecule has 0 saturated heterocycles. The summed E-state index contributed by atoms with van der Waals surface area (Å²) in [6.07, 6.45) is 0. The molecule has 0 aromatic heterocycles. The molecule has 0 spiro atoms.